The standard InChI is InChI=1S/C28H25N3O2/c1-3-33-28(32)27-23-13-12-20(15-24(23)31(2)25(27)16-30-17-29)26-21-10-6-4-8-18(21)14-19-9-5-7-11-22(19)26/h4-15,17H,3,16H2,1-2H3,(H2,29,30). The van der Waals surface area contributed by atoms with Gasteiger partial charge in [0.15, 0.2) is 0 Å². The molecule has 0 aliphatic heterocycles. The van der Waals surface area contributed by atoms with E-state index in [2.05, 4.69) is 71.7 Å². The van der Waals surface area contributed by atoms with Gasteiger partial charge in [0, 0.05) is 18.0 Å². The molecule has 0 fully saturated rings. The van der Waals surface area contributed by atoms with Crippen LogP contribution >= 0.6 is 0 Å². The highest BCUT2D eigenvalue weighted by Gasteiger charge is 2.23. The molecule has 5 aromatic rings. The van der Waals surface area contributed by atoms with Crippen LogP contribution in [-0.2, 0) is 18.3 Å². The summed E-state index contributed by atoms with van der Waals surface area (Å²) in [4.78, 5) is 17.0. The molecule has 0 saturated carbocycles. The first-order chi connectivity index (χ1) is 16.1. The normalized spacial score (nSPS) is 11.7. The monoisotopic (exact) mass is 435 g/mol. The Hall–Kier alpha value is -4.12. The fourth-order valence-corrected chi connectivity index (χ4v) is 4.72. The molecule has 0 bridgehead atoms. The fraction of sp³-hybridized carbons (Fsp3) is 0.143. The van der Waals surface area contributed by atoms with Gasteiger partial charge in [-0.05, 0) is 51.7 Å². The number of aromatic nitrogens is 1. The molecule has 4 aromatic carbocycles. The van der Waals surface area contributed by atoms with Gasteiger partial charge in [0.05, 0.1) is 30.7 Å². The highest BCUT2D eigenvalue weighted by molar-refractivity contribution is 6.14. The summed E-state index contributed by atoms with van der Waals surface area (Å²) in [7, 11) is 1.96. The first-order valence-electron chi connectivity index (χ1n) is 11.0. The molecule has 5 nitrogen and oxygen atoms in total. The number of hydrogen-bond donors (Lipinski definition) is 1. The van der Waals surface area contributed by atoms with Crippen molar-refractivity contribution in [3.63, 3.8) is 0 Å². The van der Waals surface area contributed by atoms with Crippen LogP contribution in [0.3, 0.4) is 0 Å². The van der Waals surface area contributed by atoms with Gasteiger partial charge in [0.25, 0.3) is 0 Å². The number of aryl methyl sites for hydroxylation is 1. The molecule has 1 heterocycles. The molecule has 0 aliphatic carbocycles. The maximum Gasteiger partial charge on any atom is 0.340 e. The van der Waals surface area contributed by atoms with Gasteiger partial charge >= 0.3 is 5.97 Å². The van der Waals surface area contributed by atoms with Gasteiger partial charge in [-0.25, -0.2) is 4.79 Å². The van der Waals surface area contributed by atoms with Crippen molar-refractivity contribution in [2.45, 2.75) is 13.5 Å². The predicted molar refractivity (Wildman–Crippen MR) is 136 cm³/mol. The average molecular weight is 436 g/mol. The Bertz CT molecular complexity index is 1490. The zero-order valence-corrected chi connectivity index (χ0v) is 18.7. The molecule has 2 N–H and O–H groups in total. The van der Waals surface area contributed by atoms with Gasteiger partial charge in [-0.15, -0.1) is 0 Å². The Morgan fingerprint density at radius 3 is 2.27 bits per heavy atom. The van der Waals surface area contributed by atoms with Crippen LogP contribution in [0.2, 0.25) is 0 Å². The number of esters is 1. The smallest absolute Gasteiger partial charge is 0.340 e. The van der Waals surface area contributed by atoms with E-state index in [9.17, 15) is 4.79 Å². The van der Waals surface area contributed by atoms with Gasteiger partial charge in [0.1, 0.15) is 0 Å². The first kappa shape index (κ1) is 20.8. The second-order valence-electron chi connectivity index (χ2n) is 8.02. The third-order valence-electron chi connectivity index (χ3n) is 6.21. The molecule has 5 rings (SSSR count). The number of rotatable bonds is 5. The SMILES string of the molecule is CCOC(=O)c1c(CN=CN)n(C)c2cc(-c3c4ccccc4cc4ccccc34)ccc12. The zero-order chi connectivity index (χ0) is 22.9. The minimum atomic E-state index is -0.339. The lowest BCUT2D eigenvalue weighted by atomic mass is 9.91. The van der Waals surface area contributed by atoms with Crippen molar-refractivity contribution in [3.05, 3.63) is 84.1 Å². The molecule has 0 saturated heterocycles. The van der Waals surface area contributed by atoms with E-state index in [1.165, 1.54) is 33.4 Å². The van der Waals surface area contributed by atoms with E-state index in [1.807, 2.05) is 24.6 Å². The van der Waals surface area contributed by atoms with Gasteiger partial charge in [0.2, 0.25) is 0 Å². The highest BCUT2D eigenvalue weighted by atomic mass is 16.5. The number of hydrogen-bond acceptors (Lipinski definition) is 3. The van der Waals surface area contributed by atoms with Crippen molar-refractivity contribution in [1.29, 1.82) is 0 Å². The number of ether oxygens (including phenoxy) is 1. The molecule has 0 unspecified atom stereocenters. The molecular formula is C28H25N3O2. The van der Waals surface area contributed by atoms with Crippen LogP contribution in [0.5, 0.6) is 0 Å². The molecule has 0 radical (unpaired) electrons. The average Bonchev–Trinajstić information content (AvgIpc) is 3.12. The van der Waals surface area contributed by atoms with Crippen molar-refractivity contribution < 1.29 is 9.53 Å². The Kier molecular flexibility index (Phi) is 5.31. The third kappa shape index (κ3) is 3.42. The van der Waals surface area contributed by atoms with Crippen LogP contribution in [0.15, 0.2) is 77.8 Å². The Morgan fingerprint density at radius 1 is 0.970 bits per heavy atom. The summed E-state index contributed by atoms with van der Waals surface area (Å²) in [6.07, 6.45) is 1.26. The van der Waals surface area contributed by atoms with Crippen molar-refractivity contribution in [2.24, 2.45) is 17.8 Å². The Balaban J connectivity index is 1.82. The van der Waals surface area contributed by atoms with E-state index < -0.39 is 0 Å². The van der Waals surface area contributed by atoms with Gasteiger partial charge in [-0.1, -0.05) is 60.7 Å². The predicted octanol–water partition coefficient (Wildman–Crippen LogP) is 5.82. The maximum atomic E-state index is 12.8. The summed E-state index contributed by atoms with van der Waals surface area (Å²) < 4.78 is 7.38. The summed E-state index contributed by atoms with van der Waals surface area (Å²) in [5.74, 6) is -0.339. The van der Waals surface area contributed by atoms with Gasteiger partial charge in [-0.3, -0.25) is 4.99 Å². The lowest BCUT2D eigenvalue weighted by Gasteiger charge is -2.13. The fourth-order valence-electron chi connectivity index (χ4n) is 4.72. The largest absolute Gasteiger partial charge is 0.462 e. The van der Waals surface area contributed by atoms with Gasteiger partial charge in [-0.2, -0.15) is 0 Å². The van der Waals surface area contributed by atoms with E-state index >= 15 is 0 Å². The molecule has 0 spiro atoms. The van der Waals surface area contributed by atoms with Crippen molar-refractivity contribution in [2.75, 3.05) is 6.61 Å². The molecule has 1 aromatic heterocycles. The summed E-state index contributed by atoms with van der Waals surface area (Å²) in [5.41, 5.74) is 10.1. The quantitative estimate of drug-likeness (QED) is 0.164. The molecule has 5 heteroatoms. The topological polar surface area (TPSA) is 69.6 Å². The van der Waals surface area contributed by atoms with Crippen molar-refractivity contribution in [1.82, 2.24) is 4.57 Å². The summed E-state index contributed by atoms with van der Waals surface area (Å²) in [6, 6.07) is 25.4. The number of carbonyl (C=O) groups is 1. The van der Waals surface area contributed by atoms with Crippen LogP contribution in [0.25, 0.3) is 43.6 Å². The minimum Gasteiger partial charge on any atom is -0.462 e. The molecule has 0 amide bonds. The summed E-state index contributed by atoms with van der Waals surface area (Å²) >= 11 is 0. The lowest BCUT2D eigenvalue weighted by molar-refractivity contribution is 0.0527. The van der Waals surface area contributed by atoms with Crippen molar-refractivity contribution in [3.8, 4) is 11.1 Å². The van der Waals surface area contributed by atoms with Crippen LogP contribution < -0.4 is 5.73 Å². The lowest BCUT2D eigenvalue weighted by Crippen LogP contribution is -2.09. The van der Waals surface area contributed by atoms with E-state index in [0.29, 0.717) is 18.7 Å². The first-order valence-corrected chi connectivity index (χ1v) is 11.0. The van der Waals surface area contributed by atoms with Crippen molar-refractivity contribution >= 4 is 44.8 Å². The second kappa shape index (κ2) is 8.43. The minimum absolute atomic E-state index is 0.308. The summed E-state index contributed by atoms with van der Waals surface area (Å²) in [5, 5.41) is 5.64. The Labute approximate surface area is 192 Å². The molecule has 0 atom stereocenters. The zero-order valence-electron chi connectivity index (χ0n) is 18.7. The Morgan fingerprint density at radius 2 is 1.64 bits per heavy atom. The van der Waals surface area contributed by atoms with Gasteiger partial charge < -0.3 is 15.0 Å². The highest BCUT2D eigenvalue weighted by Crippen LogP contribution is 2.38. The number of benzene rings is 4. The number of nitrogens with zero attached hydrogens (tertiary/aromatic N) is 2. The van der Waals surface area contributed by atoms with Crippen LogP contribution in [0, 0.1) is 0 Å². The molecule has 0 aliphatic rings. The molecule has 164 valence electrons. The number of carbonyl (C=O) groups excluding carboxylic acids is 1. The van der Waals surface area contributed by atoms with E-state index in [-0.39, 0.29) is 5.97 Å². The second-order valence-corrected chi connectivity index (χ2v) is 8.02. The molecule has 33 heavy (non-hydrogen) atoms. The number of nitrogens with two attached hydrogens (primary N) is 1. The maximum absolute atomic E-state index is 12.8. The van der Waals surface area contributed by atoms with Crippen LogP contribution in [-0.4, -0.2) is 23.5 Å². The van der Waals surface area contributed by atoms with Crippen LogP contribution in [0.1, 0.15) is 23.0 Å². The third-order valence-corrected chi connectivity index (χ3v) is 6.21. The van der Waals surface area contributed by atoms with E-state index in [4.69, 9.17) is 10.5 Å². The summed E-state index contributed by atoms with van der Waals surface area (Å²) in [6.45, 7) is 2.43. The molecular weight excluding hydrogens is 410 g/mol. The van der Waals surface area contributed by atoms with Crippen LogP contribution in [0.4, 0.5) is 0 Å². The van der Waals surface area contributed by atoms with E-state index in [0.717, 1.165) is 22.2 Å². The number of aliphatic imine (C=N–C) groups is 1. The van der Waals surface area contributed by atoms with E-state index in [1.54, 1.807) is 0 Å². The number of fused-ring (bicyclic) bond motifs is 3.